The molecule has 0 aromatic heterocycles. The van der Waals surface area contributed by atoms with E-state index in [1.165, 1.54) is 6.42 Å². The van der Waals surface area contributed by atoms with Crippen molar-refractivity contribution < 1.29 is 4.57 Å². The molecular formula is C9H15OP. The normalized spacial score (nSPS) is 38.3. The zero-order valence-electron chi connectivity index (χ0n) is 6.99. The van der Waals surface area contributed by atoms with E-state index in [0.29, 0.717) is 0 Å². The lowest BCUT2D eigenvalue weighted by Crippen LogP contribution is -1.84. The summed E-state index contributed by atoms with van der Waals surface area (Å²) < 4.78 is 11.6. The third-order valence-electron chi connectivity index (χ3n) is 1.87. The molecule has 0 saturated carbocycles. The molecule has 1 rings (SSSR count). The second kappa shape index (κ2) is 3.92. The lowest BCUT2D eigenvalue weighted by atomic mass is 10.2. The van der Waals surface area contributed by atoms with Gasteiger partial charge in [0.05, 0.1) is 0 Å². The Morgan fingerprint density at radius 1 is 1.27 bits per heavy atom. The zero-order chi connectivity index (χ0) is 8.16. The molecule has 11 heavy (non-hydrogen) atoms. The minimum Gasteiger partial charge on any atom is -0.320 e. The maximum atomic E-state index is 11.6. The fourth-order valence-corrected chi connectivity index (χ4v) is 2.63. The van der Waals surface area contributed by atoms with Crippen LogP contribution in [-0.4, -0.2) is 12.8 Å². The lowest BCUT2D eigenvalue weighted by Gasteiger charge is -2.05. The van der Waals surface area contributed by atoms with Crippen molar-refractivity contribution in [3.8, 4) is 0 Å². The summed E-state index contributed by atoms with van der Waals surface area (Å²) in [6.45, 7) is 1.86. The quantitative estimate of drug-likeness (QED) is 0.510. The van der Waals surface area contributed by atoms with Gasteiger partial charge >= 0.3 is 0 Å². The average Bonchev–Trinajstić information content (AvgIpc) is 2.00. The third kappa shape index (κ3) is 3.57. The summed E-state index contributed by atoms with van der Waals surface area (Å²) in [7, 11) is -1.92. The Bertz CT molecular complexity index is 216. The number of hydrogen-bond acceptors (Lipinski definition) is 1. The summed E-state index contributed by atoms with van der Waals surface area (Å²) >= 11 is 0. The fraction of sp³-hybridized carbons (Fsp3) is 0.556. The van der Waals surface area contributed by atoms with E-state index in [-0.39, 0.29) is 0 Å². The van der Waals surface area contributed by atoms with Crippen molar-refractivity contribution >= 4 is 7.14 Å². The molecule has 0 amide bonds. The van der Waals surface area contributed by atoms with Crippen LogP contribution in [0.1, 0.15) is 19.3 Å². The highest BCUT2D eigenvalue weighted by Crippen LogP contribution is 2.44. The molecule has 0 aromatic rings. The molecule has 0 radical (unpaired) electrons. The van der Waals surface area contributed by atoms with Crippen LogP contribution in [0.25, 0.3) is 0 Å². The average molecular weight is 170 g/mol. The largest absolute Gasteiger partial charge is 0.320 e. The Hall–Kier alpha value is -0.290. The van der Waals surface area contributed by atoms with Crippen molar-refractivity contribution in [3.63, 3.8) is 0 Å². The first kappa shape index (κ1) is 8.80. The highest BCUT2D eigenvalue weighted by atomic mass is 31.2. The Kier molecular flexibility index (Phi) is 3.14. The highest BCUT2D eigenvalue weighted by Gasteiger charge is 2.09. The van der Waals surface area contributed by atoms with Gasteiger partial charge in [-0.05, 0) is 31.7 Å². The van der Waals surface area contributed by atoms with Gasteiger partial charge in [0.2, 0.25) is 0 Å². The predicted octanol–water partition coefficient (Wildman–Crippen LogP) is 3.23. The minimum absolute atomic E-state index is 0.880. The molecule has 0 saturated heterocycles. The molecule has 0 bridgehead atoms. The second-order valence-electron chi connectivity index (χ2n) is 3.16. The molecule has 1 unspecified atom stereocenters. The second-order valence-corrected chi connectivity index (χ2v) is 6.26. The van der Waals surface area contributed by atoms with Gasteiger partial charge in [0.1, 0.15) is 7.14 Å². The Morgan fingerprint density at radius 3 is 2.91 bits per heavy atom. The summed E-state index contributed by atoms with van der Waals surface area (Å²) in [6, 6.07) is 0. The van der Waals surface area contributed by atoms with Crippen LogP contribution in [0, 0.1) is 0 Å². The predicted molar refractivity (Wildman–Crippen MR) is 50.5 cm³/mol. The van der Waals surface area contributed by atoms with Gasteiger partial charge in [-0.15, -0.1) is 0 Å². The van der Waals surface area contributed by atoms with Gasteiger partial charge in [0.25, 0.3) is 0 Å². The monoisotopic (exact) mass is 170 g/mol. The SMILES string of the molecule is CP1(=O)/C=C\C=C/CCCC1. The van der Waals surface area contributed by atoms with Crippen molar-refractivity contribution in [2.24, 2.45) is 0 Å². The van der Waals surface area contributed by atoms with E-state index in [4.69, 9.17) is 0 Å². The van der Waals surface area contributed by atoms with E-state index in [1.807, 2.05) is 24.6 Å². The van der Waals surface area contributed by atoms with Crippen molar-refractivity contribution in [1.29, 1.82) is 0 Å². The molecule has 0 fully saturated rings. The summed E-state index contributed by atoms with van der Waals surface area (Å²) in [5.74, 6) is 1.87. The van der Waals surface area contributed by atoms with Crippen LogP contribution < -0.4 is 0 Å². The van der Waals surface area contributed by atoms with Crippen molar-refractivity contribution in [2.45, 2.75) is 19.3 Å². The molecule has 1 aliphatic heterocycles. The van der Waals surface area contributed by atoms with Crippen LogP contribution >= 0.6 is 7.14 Å². The van der Waals surface area contributed by atoms with Crippen LogP contribution in [-0.2, 0) is 4.57 Å². The van der Waals surface area contributed by atoms with E-state index < -0.39 is 7.14 Å². The van der Waals surface area contributed by atoms with Crippen molar-refractivity contribution in [3.05, 3.63) is 24.0 Å². The van der Waals surface area contributed by atoms with E-state index in [0.717, 1.165) is 19.0 Å². The zero-order valence-corrected chi connectivity index (χ0v) is 7.89. The smallest absolute Gasteiger partial charge is 0.105 e. The van der Waals surface area contributed by atoms with Gasteiger partial charge in [-0.25, -0.2) is 0 Å². The molecule has 1 heterocycles. The van der Waals surface area contributed by atoms with Gasteiger partial charge in [-0.1, -0.05) is 18.2 Å². The van der Waals surface area contributed by atoms with E-state index >= 15 is 0 Å². The van der Waals surface area contributed by atoms with E-state index in [1.54, 1.807) is 0 Å². The molecule has 0 aromatic carbocycles. The Morgan fingerprint density at radius 2 is 2.09 bits per heavy atom. The number of hydrogen-bond donors (Lipinski definition) is 0. The van der Waals surface area contributed by atoms with Crippen LogP contribution in [0.15, 0.2) is 24.0 Å². The van der Waals surface area contributed by atoms with Gasteiger partial charge in [-0.3, -0.25) is 0 Å². The van der Waals surface area contributed by atoms with Crippen molar-refractivity contribution in [2.75, 3.05) is 12.8 Å². The molecule has 2 heteroatoms. The Balaban J connectivity index is 2.64. The van der Waals surface area contributed by atoms with Gasteiger partial charge in [0, 0.05) is 6.16 Å². The summed E-state index contributed by atoms with van der Waals surface area (Å²) in [4.78, 5) is 0. The summed E-state index contributed by atoms with van der Waals surface area (Å²) in [5.41, 5.74) is 0. The van der Waals surface area contributed by atoms with Crippen LogP contribution in [0.4, 0.5) is 0 Å². The number of allylic oxidation sites excluding steroid dienone is 3. The molecule has 0 spiro atoms. The van der Waals surface area contributed by atoms with Gasteiger partial charge < -0.3 is 4.57 Å². The summed E-state index contributed by atoms with van der Waals surface area (Å²) in [5, 5.41) is 0. The van der Waals surface area contributed by atoms with Crippen molar-refractivity contribution in [1.82, 2.24) is 0 Å². The molecule has 0 aliphatic carbocycles. The van der Waals surface area contributed by atoms with Crippen LogP contribution in [0.3, 0.4) is 0 Å². The maximum Gasteiger partial charge on any atom is 0.105 e. The first-order valence-electron chi connectivity index (χ1n) is 4.11. The van der Waals surface area contributed by atoms with Gasteiger partial charge in [-0.2, -0.15) is 0 Å². The molecule has 0 N–H and O–H groups in total. The van der Waals surface area contributed by atoms with Crippen LogP contribution in [0.5, 0.6) is 0 Å². The fourth-order valence-electron chi connectivity index (χ4n) is 1.17. The third-order valence-corrected chi connectivity index (χ3v) is 3.88. The molecule has 1 atom stereocenters. The molecule has 62 valence electrons. The molecule has 1 nitrogen and oxygen atoms in total. The van der Waals surface area contributed by atoms with E-state index in [9.17, 15) is 4.57 Å². The van der Waals surface area contributed by atoms with Gasteiger partial charge in [0.15, 0.2) is 0 Å². The summed E-state index contributed by atoms with van der Waals surface area (Å²) in [6.07, 6.45) is 10.4. The Labute approximate surface area is 68.6 Å². The number of rotatable bonds is 0. The standard InChI is InChI=1S/C9H15OP/c1-11(10)8-6-4-2-3-5-7-9-11/h2,4,6,8H,3,5,7,9H2,1H3/b4-2-,8-6-. The maximum absolute atomic E-state index is 11.6. The minimum atomic E-state index is -1.92. The highest BCUT2D eigenvalue weighted by molar-refractivity contribution is 7.66. The molecule has 1 aliphatic rings. The van der Waals surface area contributed by atoms with Crippen LogP contribution in [0.2, 0.25) is 0 Å². The molecular weight excluding hydrogens is 155 g/mol. The first-order valence-corrected chi connectivity index (χ1v) is 6.52. The lowest BCUT2D eigenvalue weighted by molar-refractivity contribution is 0.582. The topological polar surface area (TPSA) is 17.1 Å². The van der Waals surface area contributed by atoms with E-state index in [2.05, 4.69) is 6.08 Å². The first-order chi connectivity index (χ1) is 5.21.